The van der Waals surface area contributed by atoms with Crippen LogP contribution in [-0.4, -0.2) is 26.7 Å². The van der Waals surface area contributed by atoms with Crippen LogP contribution in [0.2, 0.25) is 0 Å². The molecule has 2 heterocycles. The second-order valence-electron chi connectivity index (χ2n) is 2.78. The van der Waals surface area contributed by atoms with Gasteiger partial charge < -0.3 is 5.32 Å². The lowest BCUT2D eigenvalue weighted by Crippen LogP contribution is -2.00. The van der Waals surface area contributed by atoms with Crippen molar-refractivity contribution in [3.8, 4) is 0 Å². The van der Waals surface area contributed by atoms with Crippen molar-refractivity contribution < 1.29 is 0 Å². The first kappa shape index (κ1) is 7.97. The summed E-state index contributed by atoms with van der Waals surface area (Å²) < 4.78 is 0. The van der Waals surface area contributed by atoms with E-state index in [1.165, 1.54) is 6.33 Å². The SMILES string of the molecule is CCCNc1n[nH]c2ncncc12. The minimum Gasteiger partial charge on any atom is -0.368 e. The topological polar surface area (TPSA) is 66.5 Å². The first-order chi connectivity index (χ1) is 6.42. The van der Waals surface area contributed by atoms with Crippen LogP contribution in [0.3, 0.4) is 0 Å². The minimum absolute atomic E-state index is 0.772. The van der Waals surface area contributed by atoms with Gasteiger partial charge in [0.05, 0.1) is 5.39 Å². The van der Waals surface area contributed by atoms with Gasteiger partial charge in [-0.3, -0.25) is 5.10 Å². The van der Waals surface area contributed by atoms with E-state index in [-0.39, 0.29) is 0 Å². The molecule has 2 aromatic rings. The molecule has 2 rings (SSSR count). The molecule has 0 atom stereocenters. The van der Waals surface area contributed by atoms with Gasteiger partial charge in [-0.05, 0) is 6.42 Å². The van der Waals surface area contributed by atoms with Crippen molar-refractivity contribution in [3.05, 3.63) is 12.5 Å². The lowest BCUT2D eigenvalue weighted by Gasteiger charge is -1.98. The van der Waals surface area contributed by atoms with E-state index < -0.39 is 0 Å². The summed E-state index contributed by atoms with van der Waals surface area (Å²) in [4.78, 5) is 7.98. The fourth-order valence-electron chi connectivity index (χ4n) is 1.14. The zero-order valence-electron chi connectivity index (χ0n) is 7.41. The number of hydrogen-bond donors (Lipinski definition) is 2. The summed E-state index contributed by atoms with van der Waals surface area (Å²) in [5.74, 6) is 0.831. The van der Waals surface area contributed by atoms with E-state index in [1.54, 1.807) is 6.20 Å². The Kier molecular flexibility index (Phi) is 2.08. The summed E-state index contributed by atoms with van der Waals surface area (Å²) in [5, 5.41) is 11.1. The molecular formula is C8H11N5. The van der Waals surface area contributed by atoms with Gasteiger partial charge in [-0.15, -0.1) is 0 Å². The van der Waals surface area contributed by atoms with E-state index in [4.69, 9.17) is 0 Å². The number of nitrogens with one attached hydrogen (secondary N) is 2. The molecule has 0 bridgehead atoms. The average Bonchev–Trinajstić information content (AvgIpc) is 2.58. The number of H-pyrrole nitrogens is 1. The first-order valence-electron chi connectivity index (χ1n) is 4.29. The molecule has 13 heavy (non-hydrogen) atoms. The van der Waals surface area contributed by atoms with Gasteiger partial charge >= 0.3 is 0 Å². The fourth-order valence-corrected chi connectivity index (χ4v) is 1.14. The van der Waals surface area contributed by atoms with Crippen LogP contribution in [-0.2, 0) is 0 Å². The highest BCUT2D eigenvalue weighted by Gasteiger charge is 2.03. The fraction of sp³-hybridized carbons (Fsp3) is 0.375. The third-order valence-corrected chi connectivity index (χ3v) is 1.78. The van der Waals surface area contributed by atoms with Crippen LogP contribution < -0.4 is 5.32 Å². The van der Waals surface area contributed by atoms with E-state index in [0.29, 0.717) is 0 Å². The summed E-state index contributed by atoms with van der Waals surface area (Å²) in [6.07, 6.45) is 4.33. The van der Waals surface area contributed by atoms with Gasteiger partial charge in [-0.2, -0.15) is 5.10 Å². The van der Waals surface area contributed by atoms with Crippen LogP contribution in [0, 0.1) is 0 Å². The monoisotopic (exact) mass is 177 g/mol. The molecule has 2 N–H and O–H groups in total. The molecule has 0 aromatic carbocycles. The summed E-state index contributed by atoms with van der Waals surface area (Å²) in [7, 11) is 0. The Hall–Kier alpha value is -1.65. The van der Waals surface area contributed by atoms with Gasteiger partial charge in [0.25, 0.3) is 0 Å². The van der Waals surface area contributed by atoms with E-state index in [9.17, 15) is 0 Å². The quantitative estimate of drug-likeness (QED) is 0.738. The second kappa shape index (κ2) is 3.38. The van der Waals surface area contributed by atoms with Crippen LogP contribution in [0.5, 0.6) is 0 Å². The Balaban J connectivity index is 2.35. The van der Waals surface area contributed by atoms with E-state index in [2.05, 4.69) is 32.4 Å². The maximum absolute atomic E-state index is 4.09. The van der Waals surface area contributed by atoms with Gasteiger partial charge in [0.2, 0.25) is 0 Å². The Morgan fingerprint density at radius 3 is 3.31 bits per heavy atom. The van der Waals surface area contributed by atoms with Crippen molar-refractivity contribution in [2.24, 2.45) is 0 Å². The largest absolute Gasteiger partial charge is 0.368 e. The molecule has 0 aliphatic rings. The van der Waals surface area contributed by atoms with E-state index in [0.717, 1.165) is 29.8 Å². The van der Waals surface area contributed by atoms with Crippen LogP contribution in [0.25, 0.3) is 11.0 Å². The van der Waals surface area contributed by atoms with Gasteiger partial charge in [0, 0.05) is 12.7 Å². The van der Waals surface area contributed by atoms with Crippen molar-refractivity contribution in [1.29, 1.82) is 0 Å². The third kappa shape index (κ3) is 1.44. The molecule has 0 unspecified atom stereocenters. The molecule has 5 nitrogen and oxygen atoms in total. The van der Waals surface area contributed by atoms with E-state index in [1.807, 2.05) is 0 Å². The number of fused-ring (bicyclic) bond motifs is 1. The molecule has 68 valence electrons. The van der Waals surface area contributed by atoms with E-state index >= 15 is 0 Å². The molecule has 0 spiro atoms. The van der Waals surface area contributed by atoms with Gasteiger partial charge in [0.15, 0.2) is 11.5 Å². The van der Waals surface area contributed by atoms with Crippen molar-refractivity contribution in [1.82, 2.24) is 20.2 Å². The highest BCUT2D eigenvalue weighted by molar-refractivity contribution is 5.85. The average molecular weight is 177 g/mol. The standard InChI is InChI=1S/C8H11N5/c1-2-3-10-7-6-4-9-5-11-8(6)13-12-7/h4-5H,2-3H2,1H3,(H2,9,10,11,12,13). The molecular weight excluding hydrogens is 166 g/mol. The Bertz CT molecular complexity index is 394. The third-order valence-electron chi connectivity index (χ3n) is 1.78. The molecule has 2 aromatic heterocycles. The smallest absolute Gasteiger partial charge is 0.160 e. The predicted molar refractivity (Wildman–Crippen MR) is 50.5 cm³/mol. The maximum atomic E-state index is 4.09. The van der Waals surface area contributed by atoms with Gasteiger partial charge in [0.1, 0.15) is 6.33 Å². The molecule has 0 fully saturated rings. The molecule has 5 heteroatoms. The normalized spacial score (nSPS) is 10.5. The van der Waals surface area contributed by atoms with Crippen LogP contribution in [0.4, 0.5) is 5.82 Å². The summed E-state index contributed by atoms with van der Waals surface area (Å²) in [6.45, 7) is 3.02. The molecule has 0 amide bonds. The zero-order valence-corrected chi connectivity index (χ0v) is 7.41. The first-order valence-corrected chi connectivity index (χ1v) is 4.29. The Morgan fingerprint density at radius 1 is 1.54 bits per heavy atom. The Morgan fingerprint density at radius 2 is 2.46 bits per heavy atom. The van der Waals surface area contributed by atoms with Crippen LogP contribution in [0.1, 0.15) is 13.3 Å². The number of aromatic nitrogens is 4. The molecule has 0 aliphatic carbocycles. The van der Waals surface area contributed by atoms with Crippen molar-refractivity contribution in [2.45, 2.75) is 13.3 Å². The number of rotatable bonds is 3. The number of anilines is 1. The maximum Gasteiger partial charge on any atom is 0.160 e. The van der Waals surface area contributed by atoms with Crippen LogP contribution >= 0.6 is 0 Å². The number of aromatic amines is 1. The lowest BCUT2D eigenvalue weighted by molar-refractivity contribution is 0.963. The minimum atomic E-state index is 0.772. The molecule has 0 saturated heterocycles. The Labute approximate surface area is 75.6 Å². The highest BCUT2D eigenvalue weighted by Crippen LogP contribution is 2.15. The molecule has 0 saturated carbocycles. The number of nitrogens with zero attached hydrogens (tertiary/aromatic N) is 3. The van der Waals surface area contributed by atoms with Crippen molar-refractivity contribution >= 4 is 16.9 Å². The summed E-state index contributed by atoms with van der Waals surface area (Å²) in [6, 6.07) is 0. The van der Waals surface area contributed by atoms with Gasteiger partial charge in [-0.1, -0.05) is 6.92 Å². The van der Waals surface area contributed by atoms with Crippen molar-refractivity contribution in [3.63, 3.8) is 0 Å². The zero-order chi connectivity index (χ0) is 9.10. The van der Waals surface area contributed by atoms with Crippen molar-refractivity contribution in [2.75, 3.05) is 11.9 Å². The number of hydrogen-bond acceptors (Lipinski definition) is 4. The highest BCUT2D eigenvalue weighted by atomic mass is 15.2. The van der Waals surface area contributed by atoms with Gasteiger partial charge in [-0.25, -0.2) is 9.97 Å². The predicted octanol–water partition coefficient (Wildman–Crippen LogP) is 1.17. The summed E-state index contributed by atoms with van der Waals surface area (Å²) in [5.41, 5.74) is 0.772. The summed E-state index contributed by atoms with van der Waals surface area (Å²) >= 11 is 0. The molecule has 0 aliphatic heterocycles. The van der Waals surface area contributed by atoms with Crippen LogP contribution in [0.15, 0.2) is 12.5 Å². The molecule has 0 radical (unpaired) electrons. The lowest BCUT2D eigenvalue weighted by atomic mass is 10.4. The second-order valence-corrected chi connectivity index (χ2v) is 2.78.